The number of nitrogens with zero attached hydrogens (tertiary/aromatic N) is 3. The molecule has 1 aliphatic carbocycles. The van der Waals surface area contributed by atoms with Crippen LogP contribution in [0.3, 0.4) is 0 Å². The maximum Gasteiger partial charge on any atom is 0.255 e. The lowest BCUT2D eigenvalue weighted by atomic mass is 9.92. The number of aromatic nitrogens is 3. The quantitative estimate of drug-likeness (QED) is 0.705. The number of halogens is 1. The zero-order valence-electron chi connectivity index (χ0n) is 15.7. The predicted octanol–water partition coefficient (Wildman–Crippen LogP) is 3.47. The Morgan fingerprint density at radius 2 is 2.11 bits per heavy atom. The molecule has 1 aliphatic rings. The third-order valence-corrected chi connectivity index (χ3v) is 5.59. The van der Waals surface area contributed by atoms with E-state index in [0.717, 1.165) is 42.5 Å². The Morgan fingerprint density at radius 3 is 2.86 bits per heavy atom. The molecule has 0 unspecified atom stereocenters. The highest BCUT2D eigenvalue weighted by Gasteiger charge is 2.26. The van der Waals surface area contributed by atoms with E-state index in [1.165, 1.54) is 0 Å². The van der Waals surface area contributed by atoms with E-state index >= 15 is 0 Å². The molecule has 1 amide bonds. The normalized spacial score (nSPS) is 19.7. The fourth-order valence-corrected chi connectivity index (χ4v) is 3.99. The van der Waals surface area contributed by atoms with Gasteiger partial charge in [0.05, 0.1) is 40.5 Å². The summed E-state index contributed by atoms with van der Waals surface area (Å²) in [7, 11) is 0. The largest absolute Gasteiger partial charge is 0.391 e. The van der Waals surface area contributed by atoms with Gasteiger partial charge in [0.15, 0.2) is 0 Å². The highest BCUT2D eigenvalue weighted by atomic mass is 35.5. The van der Waals surface area contributed by atoms with Crippen molar-refractivity contribution in [1.29, 1.82) is 0 Å². The zero-order valence-corrected chi connectivity index (χ0v) is 16.5. The number of aryl methyl sites for hydroxylation is 1. The van der Waals surface area contributed by atoms with Crippen LogP contribution in [0.1, 0.15) is 47.3 Å². The first kappa shape index (κ1) is 18.9. The van der Waals surface area contributed by atoms with Gasteiger partial charge < -0.3 is 15.0 Å². The Labute approximate surface area is 168 Å². The van der Waals surface area contributed by atoms with E-state index in [0.29, 0.717) is 22.6 Å². The lowest BCUT2D eigenvalue weighted by Crippen LogP contribution is -2.45. The van der Waals surface area contributed by atoms with Crippen molar-refractivity contribution in [3.63, 3.8) is 0 Å². The summed E-state index contributed by atoms with van der Waals surface area (Å²) in [5.41, 5.74) is 3.98. The summed E-state index contributed by atoms with van der Waals surface area (Å²) in [5.74, 6) is -0.197. The van der Waals surface area contributed by atoms with Gasteiger partial charge in [0.1, 0.15) is 5.52 Å². The second kappa shape index (κ2) is 7.89. The molecule has 1 saturated carbocycles. The Hall–Kier alpha value is -2.44. The minimum Gasteiger partial charge on any atom is -0.391 e. The number of hydrogen-bond acceptors (Lipinski definition) is 4. The van der Waals surface area contributed by atoms with Gasteiger partial charge in [-0.05, 0) is 43.5 Å². The summed E-state index contributed by atoms with van der Waals surface area (Å²) >= 11 is 5.93. The molecule has 3 aromatic rings. The van der Waals surface area contributed by atoms with Crippen molar-refractivity contribution in [3.8, 4) is 0 Å². The molecule has 2 atom stereocenters. The molecule has 146 valence electrons. The first-order valence-corrected chi connectivity index (χ1v) is 9.94. The molecular weight excluding hydrogens is 376 g/mol. The smallest absolute Gasteiger partial charge is 0.255 e. The number of carbonyl (C=O) groups is 1. The van der Waals surface area contributed by atoms with Crippen molar-refractivity contribution < 1.29 is 9.90 Å². The van der Waals surface area contributed by atoms with E-state index in [9.17, 15) is 9.90 Å². The molecule has 0 spiro atoms. The minimum absolute atomic E-state index is 0.197. The monoisotopic (exact) mass is 398 g/mol. The number of aliphatic hydroxyl groups excluding tert-OH is 1. The molecule has 3 heterocycles. The number of pyridine rings is 2. The molecule has 0 saturated heterocycles. The van der Waals surface area contributed by atoms with Crippen molar-refractivity contribution in [3.05, 3.63) is 58.6 Å². The van der Waals surface area contributed by atoms with Crippen molar-refractivity contribution in [2.24, 2.45) is 0 Å². The van der Waals surface area contributed by atoms with E-state index in [4.69, 9.17) is 11.6 Å². The Morgan fingerprint density at radius 1 is 1.29 bits per heavy atom. The van der Waals surface area contributed by atoms with Gasteiger partial charge in [0, 0.05) is 18.6 Å². The molecule has 0 radical (unpaired) electrons. The number of fused-ring (bicyclic) bond motifs is 1. The Balaban J connectivity index is 1.67. The van der Waals surface area contributed by atoms with Gasteiger partial charge in [-0.2, -0.15) is 0 Å². The van der Waals surface area contributed by atoms with Crippen LogP contribution in [0.5, 0.6) is 0 Å². The SMILES string of the molecule is Cc1ccnc2c(C(=O)N[C@H]3CCCC[C@@H]3O)cn(Cc3ccc(Cl)cn3)c12. The van der Waals surface area contributed by atoms with Gasteiger partial charge >= 0.3 is 0 Å². The van der Waals surface area contributed by atoms with Gasteiger partial charge in [-0.3, -0.25) is 14.8 Å². The molecule has 6 nitrogen and oxygen atoms in total. The fourth-order valence-electron chi connectivity index (χ4n) is 3.88. The summed E-state index contributed by atoms with van der Waals surface area (Å²) in [6, 6.07) is 5.40. The summed E-state index contributed by atoms with van der Waals surface area (Å²) in [6.45, 7) is 2.52. The number of rotatable bonds is 4. The second-order valence-electron chi connectivity index (χ2n) is 7.40. The number of amides is 1. The third-order valence-electron chi connectivity index (χ3n) is 5.36. The van der Waals surface area contributed by atoms with Gasteiger partial charge in [0.2, 0.25) is 0 Å². The number of nitrogens with one attached hydrogen (secondary N) is 1. The maximum atomic E-state index is 13.0. The van der Waals surface area contributed by atoms with E-state index in [1.54, 1.807) is 18.5 Å². The van der Waals surface area contributed by atoms with Gasteiger partial charge in [-0.15, -0.1) is 0 Å². The summed E-state index contributed by atoms with van der Waals surface area (Å²) in [5, 5.41) is 13.8. The fraction of sp³-hybridized carbons (Fsp3) is 0.381. The first-order chi connectivity index (χ1) is 13.5. The molecule has 3 aromatic heterocycles. The molecule has 0 aromatic carbocycles. The van der Waals surface area contributed by atoms with Crippen LogP contribution in [0.15, 0.2) is 36.8 Å². The molecule has 4 rings (SSSR count). The molecule has 0 bridgehead atoms. The summed E-state index contributed by atoms with van der Waals surface area (Å²) in [4.78, 5) is 21.8. The molecule has 0 aliphatic heterocycles. The van der Waals surface area contributed by atoms with Crippen molar-refractivity contribution in [2.75, 3.05) is 0 Å². The average molecular weight is 399 g/mol. The van der Waals surface area contributed by atoms with Crippen molar-refractivity contribution >= 4 is 28.5 Å². The van der Waals surface area contributed by atoms with Crippen LogP contribution >= 0.6 is 11.6 Å². The van der Waals surface area contributed by atoms with E-state index in [1.807, 2.05) is 29.8 Å². The van der Waals surface area contributed by atoms with Crippen LogP contribution in [0, 0.1) is 6.92 Å². The van der Waals surface area contributed by atoms with E-state index in [2.05, 4.69) is 15.3 Å². The summed E-state index contributed by atoms with van der Waals surface area (Å²) in [6.07, 6.45) is 8.22. The highest BCUT2D eigenvalue weighted by Crippen LogP contribution is 2.25. The number of aliphatic hydroxyl groups is 1. The maximum absolute atomic E-state index is 13.0. The van der Waals surface area contributed by atoms with Gasteiger partial charge in [0.25, 0.3) is 5.91 Å². The molecule has 7 heteroatoms. The highest BCUT2D eigenvalue weighted by molar-refractivity contribution is 6.30. The van der Waals surface area contributed by atoms with Crippen LogP contribution in [0.4, 0.5) is 0 Å². The molecule has 2 N–H and O–H groups in total. The lowest BCUT2D eigenvalue weighted by Gasteiger charge is -2.28. The molecule has 28 heavy (non-hydrogen) atoms. The van der Waals surface area contributed by atoms with Crippen LogP contribution in [0.2, 0.25) is 5.02 Å². The zero-order chi connectivity index (χ0) is 19.7. The number of hydrogen-bond donors (Lipinski definition) is 2. The Bertz CT molecular complexity index is 1000. The molecule has 1 fully saturated rings. The standard InChI is InChI=1S/C21H23ClN4O2/c1-13-8-9-23-19-16(21(28)25-17-4-2-3-5-18(17)27)12-26(20(13)19)11-15-7-6-14(22)10-24-15/h6-10,12,17-18,27H,2-5,11H2,1H3,(H,25,28)/t17-,18-/m0/s1. The Kier molecular flexibility index (Phi) is 5.33. The van der Waals surface area contributed by atoms with E-state index < -0.39 is 6.10 Å². The van der Waals surface area contributed by atoms with Crippen LogP contribution < -0.4 is 5.32 Å². The minimum atomic E-state index is -0.487. The average Bonchev–Trinajstić information content (AvgIpc) is 3.05. The summed E-state index contributed by atoms with van der Waals surface area (Å²) < 4.78 is 2.00. The second-order valence-corrected chi connectivity index (χ2v) is 7.83. The van der Waals surface area contributed by atoms with Crippen molar-refractivity contribution in [1.82, 2.24) is 19.9 Å². The predicted molar refractivity (Wildman–Crippen MR) is 109 cm³/mol. The van der Waals surface area contributed by atoms with Gasteiger partial charge in [-0.25, -0.2) is 0 Å². The van der Waals surface area contributed by atoms with Gasteiger partial charge in [-0.1, -0.05) is 24.4 Å². The van der Waals surface area contributed by atoms with Crippen LogP contribution in [0.25, 0.3) is 11.0 Å². The van der Waals surface area contributed by atoms with Crippen LogP contribution in [-0.4, -0.2) is 37.7 Å². The molecular formula is C21H23ClN4O2. The number of carbonyl (C=O) groups excluding carboxylic acids is 1. The third kappa shape index (κ3) is 3.75. The first-order valence-electron chi connectivity index (χ1n) is 9.57. The topological polar surface area (TPSA) is 80.0 Å². The van der Waals surface area contributed by atoms with Crippen molar-refractivity contribution in [2.45, 2.75) is 51.3 Å². The lowest BCUT2D eigenvalue weighted by molar-refractivity contribution is 0.0718. The van der Waals surface area contributed by atoms with E-state index in [-0.39, 0.29) is 11.9 Å². The van der Waals surface area contributed by atoms with Crippen LogP contribution in [-0.2, 0) is 6.54 Å².